The molecule has 0 N–H and O–H groups in total. The fraction of sp³-hybridized carbons (Fsp3) is 0.346. The summed E-state index contributed by atoms with van der Waals surface area (Å²) in [6.45, 7) is 6.93. The zero-order valence-corrected chi connectivity index (χ0v) is 20.5. The van der Waals surface area contributed by atoms with Crippen LogP contribution in [0.2, 0.25) is 5.02 Å². The number of ether oxygens (including phenoxy) is 2. The highest BCUT2D eigenvalue weighted by molar-refractivity contribution is 6.35. The van der Waals surface area contributed by atoms with E-state index in [1.54, 1.807) is 24.1 Å². The maximum absolute atomic E-state index is 13.6. The van der Waals surface area contributed by atoms with E-state index in [2.05, 4.69) is 6.07 Å². The van der Waals surface area contributed by atoms with Gasteiger partial charge < -0.3 is 14.4 Å². The van der Waals surface area contributed by atoms with Crippen molar-refractivity contribution in [3.63, 3.8) is 0 Å². The Morgan fingerprint density at radius 2 is 2.03 bits per heavy atom. The Kier molecular flexibility index (Phi) is 6.80. The number of nitrogens with zero attached hydrogens (tertiary/aromatic N) is 4. The van der Waals surface area contributed by atoms with Gasteiger partial charge in [-0.25, -0.2) is 4.68 Å². The number of hydrogen-bond acceptors (Lipinski definition) is 5. The maximum atomic E-state index is 13.6. The minimum absolute atomic E-state index is 0.121. The number of nitriles is 1. The maximum Gasteiger partial charge on any atom is 0.259 e. The van der Waals surface area contributed by atoms with Gasteiger partial charge in [-0.2, -0.15) is 10.4 Å². The Hall–Kier alpha value is -3.50. The van der Waals surface area contributed by atoms with Crippen molar-refractivity contribution < 1.29 is 14.3 Å². The molecule has 1 unspecified atom stereocenters. The summed E-state index contributed by atoms with van der Waals surface area (Å²) >= 11 is 6.53. The molecule has 3 aromatic rings. The molecular formula is C26H27ClN4O3. The van der Waals surface area contributed by atoms with Crippen LogP contribution < -0.4 is 9.47 Å². The number of methoxy groups -OCH3 is 1. The van der Waals surface area contributed by atoms with Gasteiger partial charge in [-0.3, -0.25) is 4.79 Å². The zero-order valence-electron chi connectivity index (χ0n) is 19.7. The molecule has 0 bridgehead atoms. The summed E-state index contributed by atoms with van der Waals surface area (Å²) in [6.07, 6.45) is 2.44. The van der Waals surface area contributed by atoms with Gasteiger partial charge in [0.05, 0.1) is 35.2 Å². The van der Waals surface area contributed by atoms with Crippen molar-refractivity contribution in [3.8, 4) is 23.3 Å². The second kappa shape index (κ2) is 9.78. The number of carbonyl (C=O) groups is 1. The number of carbonyl (C=O) groups excluding carboxylic acids is 1. The minimum atomic E-state index is -0.257. The average molecular weight is 479 g/mol. The standard InChI is InChI=1S/C26H27ClN4O3/c1-16(2)17(3)34-23-9-8-18(13-28)25(27)24(23)26(32)30-11-10-22-19(14-30)15-31(29-22)20-6-5-7-21(12-20)33-4/h5-9,12,15-17H,10-11,14H2,1-4H3. The van der Waals surface area contributed by atoms with Crippen molar-refractivity contribution in [3.05, 3.63) is 70.0 Å². The summed E-state index contributed by atoms with van der Waals surface area (Å²) in [7, 11) is 1.63. The number of rotatable bonds is 6. The summed E-state index contributed by atoms with van der Waals surface area (Å²) in [5, 5.41) is 14.3. The molecule has 1 amide bonds. The van der Waals surface area contributed by atoms with Crippen LogP contribution in [0, 0.1) is 17.2 Å². The first kappa shape index (κ1) is 23.7. The predicted molar refractivity (Wildman–Crippen MR) is 130 cm³/mol. The number of hydrogen-bond donors (Lipinski definition) is 0. The van der Waals surface area contributed by atoms with Crippen LogP contribution in [0.5, 0.6) is 11.5 Å². The van der Waals surface area contributed by atoms with Gasteiger partial charge in [-0.05, 0) is 37.1 Å². The Morgan fingerprint density at radius 1 is 1.24 bits per heavy atom. The first-order valence-corrected chi connectivity index (χ1v) is 11.6. The average Bonchev–Trinajstić information content (AvgIpc) is 3.27. The topological polar surface area (TPSA) is 80.4 Å². The van der Waals surface area contributed by atoms with Crippen LogP contribution in [-0.2, 0) is 13.0 Å². The quantitative estimate of drug-likeness (QED) is 0.496. The molecule has 0 aliphatic carbocycles. The molecule has 1 aliphatic rings. The lowest BCUT2D eigenvalue weighted by atomic mass is 10.0. The van der Waals surface area contributed by atoms with E-state index < -0.39 is 0 Å². The molecule has 0 saturated heterocycles. The molecule has 176 valence electrons. The lowest BCUT2D eigenvalue weighted by molar-refractivity contribution is 0.0724. The molecule has 2 heterocycles. The van der Waals surface area contributed by atoms with Crippen molar-refractivity contribution in [2.45, 2.75) is 39.8 Å². The van der Waals surface area contributed by atoms with Crippen LogP contribution in [0.4, 0.5) is 0 Å². The van der Waals surface area contributed by atoms with Gasteiger partial charge in [0.25, 0.3) is 5.91 Å². The lowest BCUT2D eigenvalue weighted by Crippen LogP contribution is -2.36. The molecule has 1 aromatic heterocycles. The van der Waals surface area contributed by atoms with Crippen LogP contribution in [0.25, 0.3) is 5.69 Å². The van der Waals surface area contributed by atoms with E-state index in [-0.39, 0.29) is 34.1 Å². The SMILES string of the molecule is COc1cccc(-n2cc3c(n2)CCN(C(=O)c2c(OC(C)C(C)C)ccc(C#N)c2Cl)C3)c1. The number of halogens is 1. The van der Waals surface area contributed by atoms with Gasteiger partial charge >= 0.3 is 0 Å². The molecule has 4 rings (SSSR count). The zero-order chi connectivity index (χ0) is 24.4. The third-order valence-electron chi connectivity index (χ3n) is 6.15. The molecule has 2 aromatic carbocycles. The van der Waals surface area contributed by atoms with Crippen LogP contribution in [-0.4, -0.2) is 40.3 Å². The normalized spacial score (nSPS) is 13.9. The smallest absolute Gasteiger partial charge is 0.259 e. The third-order valence-corrected chi connectivity index (χ3v) is 6.54. The molecule has 7 nitrogen and oxygen atoms in total. The van der Waals surface area contributed by atoms with Gasteiger partial charge in [0.1, 0.15) is 23.1 Å². The molecular weight excluding hydrogens is 452 g/mol. The number of fused-ring (bicyclic) bond motifs is 1. The van der Waals surface area contributed by atoms with Crippen LogP contribution >= 0.6 is 11.6 Å². The summed E-state index contributed by atoms with van der Waals surface area (Å²) in [4.78, 5) is 15.4. The fourth-order valence-electron chi connectivity index (χ4n) is 3.81. The molecule has 34 heavy (non-hydrogen) atoms. The van der Waals surface area contributed by atoms with Gasteiger partial charge in [-0.1, -0.05) is 31.5 Å². The molecule has 0 radical (unpaired) electrons. The van der Waals surface area contributed by atoms with Crippen molar-refractivity contribution in [2.24, 2.45) is 5.92 Å². The minimum Gasteiger partial charge on any atom is -0.497 e. The second-order valence-corrected chi connectivity index (χ2v) is 9.08. The number of benzene rings is 2. The molecule has 1 atom stereocenters. The number of amides is 1. The molecule has 0 fully saturated rings. The molecule has 1 aliphatic heterocycles. The van der Waals surface area contributed by atoms with E-state index in [0.717, 1.165) is 22.7 Å². The Labute approximate surface area is 204 Å². The van der Waals surface area contributed by atoms with Gasteiger partial charge in [0.2, 0.25) is 0 Å². The van der Waals surface area contributed by atoms with Crippen molar-refractivity contribution >= 4 is 17.5 Å². The fourth-order valence-corrected chi connectivity index (χ4v) is 4.09. The second-order valence-electron chi connectivity index (χ2n) is 8.70. The lowest BCUT2D eigenvalue weighted by Gasteiger charge is -2.28. The summed E-state index contributed by atoms with van der Waals surface area (Å²) in [5.41, 5.74) is 3.28. The van der Waals surface area contributed by atoms with Gasteiger partial charge in [0.15, 0.2) is 0 Å². The number of aromatic nitrogens is 2. The van der Waals surface area contributed by atoms with E-state index in [1.165, 1.54) is 0 Å². The first-order valence-electron chi connectivity index (χ1n) is 11.2. The Bertz CT molecular complexity index is 1260. The predicted octanol–water partition coefficient (Wildman–Crippen LogP) is 5.03. The Balaban J connectivity index is 1.63. The van der Waals surface area contributed by atoms with Crippen molar-refractivity contribution in [1.82, 2.24) is 14.7 Å². The van der Waals surface area contributed by atoms with Crippen LogP contribution in [0.1, 0.15) is 48.0 Å². The monoisotopic (exact) mass is 478 g/mol. The summed E-state index contributed by atoms with van der Waals surface area (Å²) in [5.74, 6) is 1.14. The van der Waals surface area contributed by atoms with E-state index in [1.807, 2.05) is 55.9 Å². The van der Waals surface area contributed by atoms with Crippen molar-refractivity contribution in [1.29, 1.82) is 5.26 Å². The van der Waals surface area contributed by atoms with Crippen LogP contribution in [0.15, 0.2) is 42.6 Å². The summed E-state index contributed by atoms with van der Waals surface area (Å²) < 4.78 is 13.2. The molecule has 8 heteroatoms. The van der Waals surface area contributed by atoms with Gasteiger partial charge in [0, 0.05) is 37.3 Å². The first-order chi connectivity index (χ1) is 16.3. The highest BCUT2D eigenvalue weighted by atomic mass is 35.5. The third kappa shape index (κ3) is 4.59. The largest absolute Gasteiger partial charge is 0.497 e. The van der Waals surface area contributed by atoms with E-state index in [4.69, 9.17) is 26.2 Å². The van der Waals surface area contributed by atoms with Crippen LogP contribution in [0.3, 0.4) is 0 Å². The molecule has 0 spiro atoms. The molecule has 0 saturated carbocycles. The van der Waals surface area contributed by atoms with E-state index >= 15 is 0 Å². The summed E-state index contributed by atoms with van der Waals surface area (Å²) in [6, 6.07) is 13.0. The van der Waals surface area contributed by atoms with E-state index in [0.29, 0.717) is 25.3 Å². The highest BCUT2D eigenvalue weighted by Gasteiger charge is 2.29. The van der Waals surface area contributed by atoms with Crippen molar-refractivity contribution in [2.75, 3.05) is 13.7 Å². The van der Waals surface area contributed by atoms with Gasteiger partial charge in [-0.15, -0.1) is 0 Å². The Morgan fingerprint density at radius 3 is 2.74 bits per heavy atom. The van der Waals surface area contributed by atoms with E-state index in [9.17, 15) is 10.1 Å². The highest BCUT2D eigenvalue weighted by Crippen LogP contribution is 2.34.